The highest BCUT2D eigenvalue weighted by Gasteiger charge is 2.25. The summed E-state index contributed by atoms with van der Waals surface area (Å²) in [5.74, 6) is 0.704. The first kappa shape index (κ1) is 14.6. The second-order valence-corrected chi connectivity index (χ2v) is 5.27. The molecule has 2 N–H and O–H groups in total. The van der Waals surface area contributed by atoms with Crippen molar-refractivity contribution < 1.29 is 9.84 Å². The van der Waals surface area contributed by atoms with E-state index in [2.05, 4.69) is 10.2 Å². The van der Waals surface area contributed by atoms with Crippen molar-refractivity contribution in [3.63, 3.8) is 0 Å². The van der Waals surface area contributed by atoms with Gasteiger partial charge in [0.05, 0.1) is 18.2 Å². The molecule has 0 spiro atoms. The Bertz CT molecular complexity index is 422. The third-order valence-corrected chi connectivity index (χ3v) is 4.04. The first-order valence-corrected chi connectivity index (χ1v) is 6.97. The van der Waals surface area contributed by atoms with Gasteiger partial charge in [0.2, 0.25) is 0 Å². The number of benzene rings is 1. The van der Waals surface area contributed by atoms with Crippen molar-refractivity contribution in [2.24, 2.45) is 0 Å². The summed E-state index contributed by atoms with van der Waals surface area (Å²) in [6.45, 7) is 5.87. The van der Waals surface area contributed by atoms with Crippen LogP contribution < -0.4 is 10.1 Å². The first-order chi connectivity index (χ1) is 9.13. The molecule has 1 saturated heterocycles. The number of hydrogen-bond acceptors (Lipinski definition) is 4. The number of halogens is 1. The Hall–Kier alpha value is -0.810. The van der Waals surface area contributed by atoms with E-state index in [4.69, 9.17) is 16.3 Å². The molecule has 0 radical (unpaired) electrons. The van der Waals surface area contributed by atoms with Crippen LogP contribution in [0.5, 0.6) is 5.75 Å². The average Bonchev–Trinajstić information content (AvgIpc) is 2.46. The summed E-state index contributed by atoms with van der Waals surface area (Å²) in [7, 11) is 1.60. The van der Waals surface area contributed by atoms with Crippen LogP contribution in [0.25, 0.3) is 0 Å². The van der Waals surface area contributed by atoms with E-state index >= 15 is 0 Å². The number of ether oxygens (including phenoxy) is 1. The Kier molecular flexibility index (Phi) is 5.05. The van der Waals surface area contributed by atoms with Crippen molar-refractivity contribution in [1.29, 1.82) is 0 Å². The van der Waals surface area contributed by atoms with E-state index in [1.54, 1.807) is 13.2 Å². The maximum Gasteiger partial charge on any atom is 0.120 e. The van der Waals surface area contributed by atoms with Crippen LogP contribution in [0.15, 0.2) is 18.2 Å². The average molecular weight is 285 g/mol. The van der Waals surface area contributed by atoms with E-state index in [1.807, 2.05) is 19.1 Å². The summed E-state index contributed by atoms with van der Waals surface area (Å²) in [5.41, 5.74) is 0.758. The van der Waals surface area contributed by atoms with E-state index in [9.17, 15) is 5.11 Å². The molecule has 0 bridgehead atoms. The van der Waals surface area contributed by atoms with Crippen LogP contribution in [0.1, 0.15) is 18.6 Å². The normalized spacial score (nSPS) is 20.0. The molecule has 1 fully saturated rings. The van der Waals surface area contributed by atoms with Crippen molar-refractivity contribution in [2.45, 2.75) is 19.1 Å². The summed E-state index contributed by atoms with van der Waals surface area (Å²) < 4.78 is 5.12. The number of aliphatic hydroxyl groups excluding tert-OH is 1. The molecule has 106 valence electrons. The zero-order valence-electron chi connectivity index (χ0n) is 11.4. The van der Waals surface area contributed by atoms with E-state index in [0.29, 0.717) is 10.8 Å². The Morgan fingerprint density at radius 2 is 2.05 bits per heavy atom. The molecule has 0 aromatic heterocycles. The molecule has 1 aliphatic heterocycles. The SMILES string of the molecule is COc1ccc(C(O)C(C)N2CCNCC2)c(Cl)c1. The van der Waals surface area contributed by atoms with Crippen LogP contribution in [0, 0.1) is 0 Å². The summed E-state index contributed by atoms with van der Waals surface area (Å²) in [6, 6.07) is 5.46. The summed E-state index contributed by atoms with van der Waals surface area (Å²) in [6.07, 6.45) is -0.587. The molecule has 4 nitrogen and oxygen atoms in total. The van der Waals surface area contributed by atoms with Gasteiger partial charge in [-0.05, 0) is 19.1 Å². The number of aliphatic hydroxyl groups is 1. The second kappa shape index (κ2) is 6.57. The van der Waals surface area contributed by atoms with Crippen molar-refractivity contribution >= 4 is 11.6 Å². The first-order valence-electron chi connectivity index (χ1n) is 6.59. The van der Waals surface area contributed by atoms with Gasteiger partial charge in [-0.2, -0.15) is 0 Å². The fraction of sp³-hybridized carbons (Fsp3) is 0.571. The van der Waals surface area contributed by atoms with Crippen molar-refractivity contribution in [1.82, 2.24) is 10.2 Å². The smallest absolute Gasteiger partial charge is 0.120 e. The van der Waals surface area contributed by atoms with Crippen molar-refractivity contribution in [3.05, 3.63) is 28.8 Å². The van der Waals surface area contributed by atoms with Crippen LogP contribution in [-0.2, 0) is 0 Å². The van der Waals surface area contributed by atoms with Crippen LogP contribution >= 0.6 is 11.6 Å². The molecule has 1 aliphatic rings. The molecule has 1 aromatic rings. The van der Waals surface area contributed by atoms with Gasteiger partial charge in [-0.25, -0.2) is 0 Å². The van der Waals surface area contributed by atoms with Gasteiger partial charge in [0.1, 0.15) is 5.75 Å². The molecular weight excluding hydrogens is 264 g/mol. The van der Waals surface area contributed by atoms with E-state index in [-0.39, 0.29) is 6.04 Å². The molecule has 2 unspecified atom stereocenters. The lowest BCUT2D eigenvalue weighted by molar-refractivity contribution is 0.0510. The lowest BCUT2D eigenvalue weighted by atomic mass is 10.0. The van der Waals surface area contributed by atoms with Gasteiger partial charge in [-0.1, -0.05) is 17.7 Å². The molecule has 0 amide bonds. The Balaban J connectivity index is 2.11. The number of nitrogens with zero attached hydrogens (tertiary/aromatic N) is 1. The Labute approximate surface area is 119 Å². The Morgan fingerprint density at radius 3 is 2.63 bits per heavy atom. The largest absolute Gasteiger partial charge is 0.497 e. The van der Waals surface area contributed by atoms with Crippen molar-refractivity contribution in [3.8, 4) is 5.75 Å². The lowest BCUT2D eigenvalue weighted by Gasteiger charge is -2.35. The number of nitrogens with one attached hydrogen (secondary N) is 1. The summed E-state index contributed by atoms with van der Waals surface area (Å²) >= 11 is 6.22. The van der Waals surface area contributed by atoms with Gasteiger partial charge in [0.15, 0.2) is 0 Å². The molecule has 0 saturated carbocycles. The standard InChI is InChI=1S/C14H21ClN2O2/c1-10(17-7-5-16-6-8-17)14(18)12-4-3-11(19-2)9-13(12)15/h3-4,9-10,14,16,18H,5-8H2,1-2H3. The molecule has 5 heteroatoms. The van der Waals surface area contributed by atoms with Gasteiger partial charge in [-0.3, -0.25) is 4.90 Å². The fourth-order valence-electron chi connectivity index (χ4n) is 2.42. The quantitative estimate of drug-likeness (QED) is 0.883. The molecule has 1 heterocycles. The molecule has 1 aromatic carbocycles. The fourth-order valence-corrected chi connectivity index (χ4v) is 2.71. The number of rotatable bonds is 4. The molecular formula is C14H21ClN2O2. The number of piperazine rings is 1. The monoisotopic (exact) mass is 284 g/mol. The summed E-state index contributed by atoms with van der Waals surface area (Å²) in [5, 5.41) is 14.4. The number of hydrogen-bond donors (Lipinski definition) is 2. The molecule has 19 heavy (non-hydrogen) atoms. The lowest BCUT2D eigenvalue weighted by Crippen LogP contribution is -2.49. The van der Waals surface area contributed by atoms with Gasteiger partial charge >= 0.3 is 0 Å². The minimum Gasteiger partial charge on any atom is -0.497 e. The predicted octanol–water partition coefficient (Wildman–Crippen LogP) is 1.68. The maximum absolute atomic E-state index is 10.5. The van der Waals surface area contributed by atoms with Crippen molar-refractivity contribution in [2.75, 3.05) is 33.3 Å². The third kappa shape index (κ3) is 3.39. The summed E-state index contributed by atoms with van der Waals surface area (Å²) in [4.78, 5) is 2.28. The van der Waals surface area contributed by atoms with E-state index in [0.717, 1.165) is 31.7 Å². The minimum absolute atomic E-state index is 0.0491. The molecule has 2 atom stereocenters. The van der Waals surface area contributed by atoms with Crippen LogP contribution in [0.3, 0.4) is 0 Å². The van der Waals surface area contributed by atoms with E-state index < -0.39 is 6.10 Å². The Morgan fingerprint density at radius 1 is 1.37 bits per heavy atom. The maximum atomic E-state index is 10.5. The predicted molar refractivity (Wildman–Crippen MR) is 76.9 cm³/mol. The van der Waals surface area contributed by atoms with Gasteiger partial charge in [0, 0.05) is 37.8 Å². The number of methoxy groups -OCH3 is 1. The van der Waals surface area contributed by atoms with Gasteiger partial charge in [0.25, 0.3) is 0 Å². The van der Waals surface area contributed by atoms with Crippen LogP contribution in [0.2, 0.25) is 5.02 Å². The third-order valence-electron chi connectivity index (χ3n) is 3.71. The van der Waals surface area contributed by atoms with Gasteiger partial charge in [-0.15, -0.1) is 0 Å². The second-order valence-electron chi connectivity index (χ2n) is 4.86. The highest BCUT2D eigenvalue weighted by Crippen LogP contribution is 2.30. The highest BCUT2D eigenvalue weighted by molar-refractivity contribution is 6.31. The van der Waals surface area contributed by atoms with E-state index in [1.165, 1.54) is 0 Å². The van der Waals surface area contributed by atoms with Crippen LogP contribution in [0.4, 0.5) is 0 Å². The zero-order chi connectivity index (χ0) is 13.8. The molecule has 0 aliphatic carbocycles. The molecule has 2 rings (SSSR count). The zero-order valence-corrected chi connectivity index (χ0v) is 12.2. The topological polar surface area (TPSA) is 44.7 Å². The minimum atomic E-state index is -0.587. The highest BCUT2D eigenvalue weighted by atomic mass is 35.5. The van der Waals surface area contributed by atoms with Crippen LogP contribution in [-0.4, -0.2) is 49.3 Å². The van der Waals surface area contributed by atoms with Gasteiger partial charge < -0.3 is 15.2 Å².